The van der Waals surface area contributed by atoms with E-state index in [1.807, 2.05) is 7.05 Å². The number of carbonyl (C=O) groups excluding carboxylic acids is 1. The van der Waals surface area contributed by atoms with Gasteiger partial charge >= 0.3 is 0 Å². The minimum Gasteiger partial charge on any atom is -0.364 e. The SMILES string of the molecule is CN1c2ccccc2C2CCCC(=O)C21. The summed E-state index contributed by atoms with van der Waals surface area (Å²) in [5.74, 6) is 0.873. The average molecular weight is 201 g/mol. The van der Waals surface area contributed by atoms with Crippen LogP contribution in [-0.2, 0) is 4.79 Å². The van der Waals surface area contributed by atoms with Crippen LogP contribution in [0.3, 0.4) is 0 Å². The Balaban J connectivity index is 2.10. The molecule has 1 aromatic rings. The van der Waals surface area contributed by atoms with E-state index in [4.69, 9.17) is 0 Å². The molecule has 1 aliphatic carbocycles. The smallest absolute Gasteiger partial charge is 0.155 e. The van der Waals surface area contributed by atoms with Crippen molar-refractivity contribution in [1.29, 1.82) is 0 Å². The summed E-state index contributed by atoms with van der Waals surface area (Å²) in [6, 6.07) is 8.55. The van der Waals surface area contributed by atoms with E-state index in [1.54, 1.807) is 0 Å². The molecule has 1 fully saturated rings. The first-order chi connectivity index (χ1) is 7.29. The van der Waals surface area contributed by atoms with E-state index < -0.39 is 0 Å². The predicted molar refractivity (Wildman–Crippen MR) is 60.2 cm³/mol. The zero-order valence-electron chi connectivity index (χ0n) is 8.94. The molecule has 15 heavy (non-hydrogen) atoms. The summed E-state index contributed by atoms with van der Waals surface area (Å²) in [4.78, 5) is 14.1. The molecule has 0 aromatic heterocycles. The Morgan fingerprint density at radius 1 is 1.33 bits per heavy atom. The normalized spacial score (nSPS) is 28.9. The first kappa shape index (κ1) is 8.96. The molecule has 0 N–H and O–H groups in total. The second kappa shape index (κ2) is 3.09. The van der Waals surface area contributed by atoms with Gasteiger partial charge < -0.3 is 4.90 Å². The molecule has 0 saturated heterocycles. The zero-order chi connectivity index (χ0) is 10.4. The van der Waals surface area contributed by atoms with Crippen LogP contribution in [-0.4, -0.2) is 18.9 Å². The fourth-order valence-corrected chi connectivity index (χ4v) is 3.11. The molecule has 1 heterocycles. The number of likely N-dealkylation sites (N-methyl/N-ethyl adjacent to an activating group) is 1. The number of fused-ring (bicyclic) bond motifs is 3. The fourth-order valence-electron chi connectivity index (χ4n) is 3.11. The highest BCUT2D eigenvalue weighted by atomic mass is 16.1. The first-order valence-corrected chi connectivity index (χ1v) is 5.63. The maximum atomic E-state index is 11.9. The highest BCUT2D eigenvalue weighted by molar-refractivity contribution is 5.91. The fraction of sp³-hybridized carbons (Fsp3) is 0.462. The molecule has 2 atom stereocenters. The van der Waals surface area contributed by atoms with Crippen molar-refractivity contribution in [3.63, 3.8) is 0 Å². The Morgan fingerprint density at radius 2 is 2.13 bits per heavy atom. The van der Waals surface area contributed by atoms with Gasteiger partial charge in [0.25, 0.3) is 0 Å². The molecular formula is C13H15NO. The van der Waals surface area contributed by atoms with Crippen LogP contribution >= 0.6 is 0 Å². The van der Waals surface area contributed by atoms with Crippen LogP contribution in [0.25, 0.3) is 0 Å². The summed E-state index contributed by atoms with van der Waals surface area (Å²) in [5, 5.41) is 0. The molecule has 0 amide bonds. The summed E-state index contributed by atoms with van der Waals surface area (Å²) in [6.07, 6.45) is 2.99. The lowest BCUT2D eigenvalue weighted by molar-refractivity contribution is -0.121. The molecule has 3 rings (SSSR count). The lowest BCUT2D eigenvalue weighted by Gasteiger charge is -2.29. The van der Waals surface area contributed by atoms with Gasteiger partial charge in [0.05, 0.1) is 6.04 Å². The van der Waals surface area contributed by atoms with Gasteiger partial charge in [-0.1, -0.05) is 18.2 Å². The lowest BCUT2D eigenvalue weighted by atomic mass is 9.82. The predicted octanol–water partition coefficient (Wildman–Crippen LogP) is 2.34. The van der Waals surface area contributed by atoms with Gasteiger partial charge in [-0.2, -0.15) is 0 Å². The van der Waals surface area contributed by atoms with Crippen LogP contribution in [0.15, 0.2) is 24.3 Å². The van der Waals surface area contributed by atoms with Crippen LogP contribution in [0.4, 0.5) is 5.69 Å². The van der Waals surface area contributed by atoms with Crippen LogP contribution in [0.5, 0.6) is 0 Å². The van der Waals surface area contributed by atoms with Gasteiger partial charge in [-0.15, -0.1) is 0 Å². The molecule has 2 aliphatic rings. The van der Waals surface area contributed by atoms with Gasteiger partial charge in [0.1, 0.15) is 0 Å². The molecule has 1 saturated carbocycles. The van der Waals surface area contributed by atoms with Crippen LogP contribution < -0.4 is 4.90 Å². The largest absolute Gasteiger partial charge is 0.364 e. The Bertz CT molecular complexity index is 413. The average Bonchev–Trinajstić information content (AvgIpc) is 2.55. The second-order valence-corrected chi connectivity index (χ2v) is 4.58. The van der Waals surface area contributed by atoms with Gasteiger partial charge in [-0.05, 0) is 24.5 Å². The maximum absolute atomic E-state index is 11.9. The standard InChI is InChI=1S/C13H15NO/c1-14-11-7-3-2-5-9(11)10-6-4-8-12(15)13(10)14/h2-3,5,7,10,13H,4,6,8H2,1H3. The van der Waals surface area contributed by atoms with Gasteiger partial charge in [0.15, 0.2) is 5.78 Å². The first-order valence-electron chi connectivity index (χ1n) is 5.63. The van der Waals surface area contributed by atoms with Crippen LogP contribution in [0, 0.1) is 0 Å². The van der Waals surface area contributed by atoms with E-state index in [2.05, 4.69) is 29.2 Å². The van der Waals surface area contributed by atoms with Crippen molar-refractivity contribution in [3.8, 4) is 0 Å². The monoisotopic (exact) mass is 201 g/mol. The van der Waals surface area contributed by atoms with Crippen molar-refractivity contribution in [2.75, 3.05) is 11.9 Å². The summed E-state index contributed by atoms with van der Waals surface area (Å²) < 4.78 is 0. The third-order valence-corrected chi connectivity index (χ3v) is 3.78. The van der Waals surface area contributed by atoms with Gasteiger partial charge in [0.2, 0.25) is 0 Å². The molecule has 2 heteroatoms. The Kier molecular flexibility index (Phi) is 1.84. The van der Waals surface area contributed by atoms with Crippen molar-refractivity contribution >= 4 is 11.5 Å². The number of anilines is 1. The van der Waals surface area contributed by atoms with E-state index in [1.165, 1.54) is 11.3 Å². The molecular weight excluding hydrogens is 186 g/mol. The van der Waals surface area contributed by atoms with E-state index in [-0.39, 0.29) is 6.04 Å². The van der Waals surface area contributed by atoms with Gasteiger partial charge in [0, 0.05) is 25.1 Å². The highest BCUT2D eigenvalue weighted by Gasteiger charge is 2.42. The van der Waals surface area contributed by atoms with E-state index in [0.717, 1.165) is 19.3 Å². The van der Waals surface area contributed by atoms with Crippen molar-refractivity contribution in [3.05, 3.63) is 29.8 Å². The number of hydrogen-bond donors (Lipinski definition) is 0. The molecule has 0 spiro atoms. The molecule has 2 unspecified atom stereocenters. The molecule has 0 bridgehead atoms. The Morgan fingerprint density at radius 3 is 3.00 bits per heavy atom. The van der Waals surface area contributed by atoms with E-state index in [0.29, 0.717) is 11.7 Å². The number of hydrogen-bond acceptors (Lipinski definition) is 2. The third-order valence-electron chi connectivity index (χ3n) is 3.78. The lowest BCUT2D eigenvalue weighted by Crippen LogP contribution is -2.40. The number of rotatable bonds is 0. The molecule has 1 aromatic carbocycles. The van der Waals surface area contributed by atoms with Crippen molar-refractivity contribution < 1.29 is 4.79 Å². The molecule has 0 radical (unpaired) electrons. The van der Waals surface area contributed by atoms with Crippen LogP contribution in [0.1, 0.15) is 30.7 Å². The summed E-state index contributed by atoms with van der Waals surface area (Å²) in [7, 11) is 2.05. The molecule has 2 nitrogen and oxygen atoms in total. The number of benzene rings is 1. The Hall–Kier alpha value is -1.31. The number of carbonyl (C=O) groups is 1. The summed E-state index contributed by atoms with van der Waals surface area (Å²) in [6.45, 7) is 0. The second-order valence-electron chi connectivity index (χ2n) is 4.58. The number of ketones is 1. The molecule has 78 valence electrons. The molecule has 1 aliphatic heterocycles. The van der Waals surface area contributed by atoms with Crippen LogP contribution in [0.2, 0.25) is 0 Å². The highest BCUT2D eigenvalue weighted by Crippen LogP contribution is 2.45. The topological polar surface area (TPSA) is 20.3 Å². The number of nitrogens with zero attached hydrogens (tertiary/aromatic N) is 1. The summed E-state index contributed by atoms with van der Waals surface area (Å²) in [5.41, 5.74) is 2.63. The van der Waals surface area contributed by atoms with Crippen molar-refractivity contribution in [2.24, 2.45) is 0 Å². The van der Waals surface area contributed by atoms with Crippen molar-refractivity contribution in [2.45, 2.75) is 31.2 Å². The Labute approximate surface area is 89.9 Å². The number of Topliss-reactive ketones (excluding diaryl/α,β-unsaturated/α-hetero) is 1. The van der Waals surface area contributed by atoms with E-state index in [9.17, 15) is 4.79 Å². The zero-order valence-corrected chi connectivity index (χ0v) is 8.94. The quantitative estimate of drug-likeness (QED) is 0.642. The van der Waals surface area contributed by atoms with E-state index >= 15 is 0 Å². The minimum absolute atomic E-state index is 0.121. The third kappa shape index (κ3) is 1.14. The van der Waals surface area contributed by atoms with Gasteiger partial charge in [-0.25, -0.2) is 0 Å². The number of para-hydroxylation sites is 1. The summed E-state index contributed by atoms with van der Waals surface area (Å²) >= 11 is 0. The maximum Gasteiger partial charge on any atom is 0.155 e. The van der Waals surface area contributed by atoms with Crippen molar-refractivity contribution in [1.82, 2.24) is 0 Å². The minimum atomic E-state index is 0.121. The van der Waals surface area contributed by atoms with Gasteiger partial charge in [-0.3, -0.25) is 4.79 Å².